The number of benzene rings is 2. The van der Waals surface area contributed by atoms with Gasteiger partial charge in [-0.25, -0.2) is 23.4 Å². The summed E-state index contributed by atoms with van der Waals surface area (Å²) >= 11 is 0. The molecule has 4 amide bonds. The first-order chi connectivity index (χ1) is 21.5. The number of nitrogens with one attached hydrogen (secondary N) is 2. The van der Waals surface area contributed by atoms with E-state index in [4.69, 9.17) is 9.57 Å². The first kappa shape index (κ1) is 33.5. The van der Waals surface area contributed by atoms with Crippen LogP contribution in [0.25, 0.3) is 0 Å². The van der Waals surface area contributed by atoms with Crippen molar-refractivity contribution in [2.24, 2.45) is 16.8 Å². The third-order valence-corrected chi connectivity index (χ3v) is 7.72. The van der Waals surface area contributed by atoms with E-state index >= 15 is 0 Å². The van der Waals surface area contributed by atoms with Crippen LogP contribution in [0.2, 0.25) is 0 Å². The van der Waals surface area contributed by atoms with Crippen molar-refractivity contribution in [2.45, 2.75) is 77.9 Å². The minimum absolute atomic E-state index is 0.0389. The monoisotopic (exact) mass is 627 g/mol. The van der Waals surface area contributed by atoms with Gasteiger partial charge in [-0.3, -0.25) is 14.4 Å². The van der Waals surface area contributed by atoms with Crippen LogP contribution >= 0.6 is 0 Å². The Morgan fingerprint density at radius 2 is 1.58 bits per heavy atom. The Hall–Kier alpha value is -4.39. The summed E-state index contributed by atoms with van der Waals surface area (Å²) in [4.78, 5) is 64.1. The molecule has 1 fully saturated rings. The van der Waals surface area contributed by atoms with E-state index in [0.29, 0.717) is 19.4 Å². The smallest absolute Gasteiger partial charge is 0.408 e. The largest absolute Gasteiger partial charge is 0.445 e. The van der Waals surface area contributed by atoms with Crippen molar-refractivity contribution in [3.63, 3.8) is 0 Å². The van der Waals surface area contributed by atoms with E-state index in [-0.39, 0.29) is 30.4 Å². The van der Waals surface area contributed by atoms with E-state index < -0.39 is 59.8 Å². The van der Waals surface area contributed by atoms with Gasteiger partial charge < -0.3 is 20.3 Å². The van der Waals surface area contributed by atoms with Crippen LogP contribution in [0.15, 0.2) is 53.5 Å². The molecule has 2 unspecified atom stereocenters. The van der Waals surface area contributed by atoms with Gasteiger partial charge in [-0.05, 0) is 42.4 Å². The van der Waals surface area contributed by atoms with Gasteiger partial charge >= 0.3 is 6.09 Å². The van der Waals surface area contributed by atoms with E-state index in [0.717, 1.165) is 29.1 Å². The average molecular weight is 628 g/mol. The second-order valence-corrected chi connectivity index (χ2v) is 11.7. The number of hydrogen-bond acceptors (Lipinski definition) is 7. The molecule has 2 aliphatic heterocycles. The summed E-state index contributed by atoms with van der Waals surface area (Å²) in [6.07, 6.45) is 0.0312. The van der Waals surface area contributed by atoms with Crippen LogP contribution in [-0.2, 0) is 37.0 Å². The zero-order valence-corrected chi connectivity index (χ0v) is 25.7. The van der Waals surface area contributed by atoms with E-state index in [9.17, 15) is 28.0 Å². The molecule has 0 radical (unpaired) electrons. The first-order valence-corrected chi connectivity index (χ1v) is 15.0. The minimum atomic E-state index is -1.04. The van der Waals surface area contributed by atoms with Crippen molar-refractivity contribution in [1.82, 2.24) is 20.6 Å². The standard InChI is InChI=1S/C32H39F2N5O6/c1-19(2)27(37-32(43)44-17-21-10-6-5-7-11-21)30(41)38-15-9-14-25(38)29(40)36-28(20(3)4)31(42)39-18-35-26(45-39)16-22-23(33)12-8-13-24(22)34/h5-8,10-13,18-20,25-28H,9,14-17H2,1-4H3,(H,36,40)(H,37,43)/t25-,26?,27-,28?/m0/s1. The molecule has 45 heavy (non-hydrogen) atoms. The lowest BCUT2D eigenvalue weighted by atomic mass is 10.0. The Morgan fingerprint density at radius 1 is 0.933 bits per heavy atom. The summed E-state index contributed by atoms with van der Waals surface area (Å²) < 4.78 is 33.5. The number of carbonyl (C=O) groups excluding carboxylic acids is 4. The summed E-state index contributed by atoms with van der Waals surface area (Å²) in [5, 5.41) is 6.25. The molecule has 13 heteroatoms. The molecule has 11 nitrogen and oxygen atoms in total. The van der Waals surface area contributed by atoms with E-state index in [2.05, 4.69) is 15.6 Å². The van der Waals surface area contributed by atoms with Crippen molar-refractivity contribution in [3.05, 3.63) is 71.3 Å². The van der Waals surface area contributed by atoms with Gasteiger partial charge in [0.2, 0.25) is 11.8 Å². The highest BCUT2D eigenvalue weighted by Crippen LogP contribution is 2.23. The maximum absolute atomic E-state index is 14.1. The number of alkyl carbamates (subject to hydrolysis) is 1. The van der Waals surface area contributed by atoms with Crippen LogP contribution < -0.4 is 10.6 Å². The molecule has 2 heterocycles. The van der Waals surface area contributed by atoms with Crippen LogP contribution in [0.5, 0.6) is 0 Å². The van der Waals surface area contributed by atoms with Gasteiger partial charge in [0.05, 0.1) is 0 Å². The fraction of sp³-hybridized carbons (Fsp3) is 0.469. The molecular formula is C32H39F2N5O6. The van der Waals surface area contributed by atoms with Crippen LogP contribution in [0.3, 0.4) is 0 Å². The Kier molecular flexibility index (Phi) is 11.2. The number of aliphatic imine (C=N–C) groups is 1. The van der Waals surface area contributed by atoms with Gasteiger partial charge in [0.15, 0.2) is 6.23 Å². The maximum Gasteiger partial charge on any atom is 0.408 e. The fourth-order valence-corrected chi connectivity index (χ4v) is 5.21. The average Bonchev–Trinajstić information content (AvgIpc) is 3.69. The van der Waals surface area contributed by atoms with Crippen molar-refractivity contribution >= 4 is 30.2 Å². The molecule has 2 aliphatic rings. The van der Waals surface area contributed by atoms with Crippen molar-refractivity contribution < 1.29 is 37.5 Å². The third kappa shape index (κ3) is 8.41. The molecule has 2 aromatic rings. The lowest BCUT2D eigenvalue weighted by Crippen LogP contribution is -2.58. The van der Waals surface area contributed by atoms with Gasteiger partial charge in [-0.15, -0.1) is 0 Å². The predicted molar refractivity (Wildman–Crippen MR) is 160 cm³/mol. The molecule has 4 atom stereocenters. The number of likely N-dealkylation sites (tertiary alicyclic amines) is 1. The molecule has 0 aliphatic carbocycles. The molecule has 242 valence electrons. The van der Waals surface area contributed by atoms with Gasteiger partial charge in [-0.2, -0.15) is 5.06 Å². The zero-order chi connectivity index (χ0) is 32.7. The van der Waals surface area contributed by atoms with Gasteiger partial charge in [-0.1, -0.05) is 64.1 Å². The van der Waals surface area contributed by atoms with E-state index in [1.807, 2.05) is 30.3 Å². The Morgan fingerprint density at radius 3 is 2.22 bits per heavy atom. The second kappa shape index (κ2) is 15.1. The zero-order valence-electron chi connectivity index (χ0n) is 25.7. The molecule has 0 aromatic heterocycles. The van der Waals surface area contributed by atoms with E-state index in [1.165, 1.54) is 11.0 Å². The summed E-state index contributed by atoms with van der Waals surface area (Å²) in [5.74, 6) is -3.75. The summed E-state index contributed by atoms with van der Waals surface area (Å²) in [6, 6.07) is 9.78. The molecule has 0 spiro atoms. The van der Waals surface area contributed by atoms with Crippen LogP contribution in [0, 0.1) is 23.5 Å². The SMILES string of the molecule is CC(C)C(NC(=O)[C@@H]1CCCN1C(=O)[C@@H](NC(=O)OCc1ccccc1)C(C)C)C(=O)N1C=NC(Cc2c(F)cccc2F)O1. The quantitative estimate of drug-likeness (QED) is 0.391. The predicted octanol–water partition coefficient (Wildman–Crippen LogP) is 3.72. The summed E-state index contributed by atoms with van der Waals surface area (Å²) in [6.45, 7) is 7.38. The molecule has 0 saturated carbocycles. The van der Waals surface area contributed by atoms with Gasteiger partial charge in [0, 0.05) is 18.5 Å². The highest BCUT2D eigenvalue weighted by atomic mass is 19.1. The number of hydrogen-bond donors (Lipinski definition) is 2. The van der Waals surface area contributed by atoms with Crippen molar-refractivity contribution in [2.75, 3.05) is 6.54 Å². The number of ether oxygens (including phenoxy) is 1. The number of halogens is 2. The molecule has 4 rings (SSSR count). The topological polar surface area (TPSA) is 130 Å². The molecule has 0 bridgehead atoms. The molecular weight excluding hydrogens is 588 g/mol. The maximum atomic E-state index is 14.1. The Labute approximate surface area is 260 Å². The lowest BCUT2D eigenvalue weighted by molar-refractivity contribution is -0.172. The molecule has 2 aromatic carbocycles. The highest BCUT2D eigenvalue weighted by Gasteiger charge is 2.41. The van der Waals surface area contributed by atoms with Crippen molar-refractivity contribution in [1.29, 1.82) is 0 Å². The lowest BCUT2D eigenvalue weighted by Gasteiger charge is -2.32. The number of nitrogens with zero attached hydrogens (tertiary/aromatic N) is 3. The molecule has 2 N–H and O–H groups in total. The number of hydroxylamine groups is 2. The normalized spacial score (nSPS) is 19.1. The van der Waals surface area contributed by atoms with Gasteiger partial charge in [0.1, 0.15) is 42.7 Å². The third-order valence-electron chi connectivity index (χ3n) is 7.72. The first-order valence-electron chi connectivity index (χ1n) is 15.0. The molecule has 1 saturated heterocycles. The second-order valence-electron chi connectivity index (χ2n) is 11.7. The van der Waals surface area contributed by atoms with Crippen molar-refractivity contribution in [3.8, 4) is 0 Å². The summed E-state index contributed by atoms with van der Waals surface area (Å²) in [7, 11) is 0. The van der Waals surface area contributed by atoms with Crippen LogP contribution in [0.4, 0.5) is 13.6 Å². The highest BCUT2D eigenvalue weighted by molar-refractivity contribution is 5.96. The van der Waals surface area contributed by atoms with Gasteiger partial charge in [0.25, 0.3) is 5.91 Å². The minimum Gasteiger partial charge on any atom is -0.445 e. The number of rotatable bonds is 11. The van der Waals surface area contributed by atoms with Crippen LogP contribution in [-0.4, -0.2) is 71.0 Å². The van der Waals surface area contributed by atoms with Crippen LogP contribution in [0.1, 0.15) is 51.7 Å². The Bertz CT molecular complexity index is 1390. The summed E-state index contributed by atoms with van der Waals surface area (Å²) in [5.41, 5.74) is 0.581. The Balaban J connectivity index is 1.36. The number of carbonyl (C=O) groups is 4. The van der Waals surface area contributed by atoms with E-state index in [1.54, 1.807) is 27.7 Å². The number of amides is 4. The fourth-order valence-electron chi connectivity index (χ4n) is 5.21.